The van der Waals surface area contributed by atoms with Gasteiger partial charge in [-0.3, -0.25) is 0 Å². The molecule has 1 N–H and O–H groups in total. The van der Waals surface area contributed by atoms with Gasteiger partial charge in [-0.05, 0) is 25.1 Å². The molecule has 2 rings (SSSR count). The molecule has 0 aliphatic carbocycles. The Morgan fingerprint density at radius 1 is 1.33 bits per heavy atom. The van der Waals surface area contributed by atoms with Gasteiger partial charge in [-0.15, -0.1) is 23.1 Å². The number of benzene rings is 1. The summed E-state index contributed by atoms with van der Waals surface area (Å²) in [6.45, 7) is 2.03. The number of hydrogen-bond acceptors (Lipinski definition) is 3. The maximum absolute atomic E-state index is 8.64. The molecule has 0 radical (unpaired) electrons. The molecular weight excluding hydrogens is 260 g/mol. The van der Waals surface area contributed by atoms with Gasteiger partial charge >= 0.3 is 0 Å². The quantitative estimate of drug-likeness (QED) is 0.680. The van der Waals surface area contributed by atoms with E-state index in [1.165, 1.54) is 15.3 Å². The summed E-state index contributed by atoms with van der Waals surface area (Å²) in [6, 6.07) is 10.6. The highest BCUT2D eigenvalue weighted by molar-refractivity contribution is 7.98. The molecule has 0 unspecified atom stereocenters. The third-order valence-corrected chi connectivity index (χ3v) is 4.50. The van der Waals surface area contributed by atoms with Crippen LogP contribution in [0.5, 0.6) is 0 Å². The van der Waals surface area contributed by atoms with Gasteiger partial charge < -0.3 is 5.11 Å². The third-order valence-electron chi connectivity index (χ3n) is 2.34. The highest BCUT2D eigenvalue weighted by Crippen LogP contribution is 2.26. The van der Waals surface area contributed by atoms with Crippen LogP contribution >= 0.6 is 23.1 Å². The lowest BCUT2D eigenvalue weighted by Crippen LogP contribution is -1.77. The van der Waals surface area contributed by atoms with Crippen molar-refractivity contribution in [2.75, 3.05) is 6.61 Å². The molecule has 3 heteroatoms. The van der Waals surface area contributed by atoms with E-state index in [1.54, 1.807) is 11.3 Å². The van der Waals surface area contributed by atoms with E-state index in [2.05, 4.69) is 49.1 Å². The molecule has 0 aliphatic rings. The number of aliphatic hydroxyl groups excluding tert-OH is 1. The Bertz CT molecular complexity index is 575. The Morgan fingerprint density at radius 2 is 2.22 bits per heavy atom. The molecule has 0 saturated carbocycles. The molecule has 1 nitrogen and oxygen atoms in total. The van der Waals surface area contributed by atoms with Crippen molar-refractivity contribution in [2.45, 2.75) is 17.6 Å². The molecule has 1 aromatic carbocycles. The van der Waals surface area contributed by atoms with Crippen LogP contribution in [0.25, 0.3) is 0 Å². The van der Waals surface area contributed by atoms with Crippen LogP contribution in [-0.2, 0) is 5.75 Å². The summed E-state index contributed by atoms with van der Waals surface area (Å²) in [5.74, 6) is 6.55. The van der Waals surface area contributed by atoms with E-state index in [0.29, 0.717) is 0 Å². The summed E-state index contributed by atoms with van der Waals surface area (Å²) >= 11 is 3.56. The first-order chi connectivity index (χ1) is 8.78. The lowest BCUT2D eigenvalue weighted by molar-refractivity contribution is 0.350. The van der Waals surface area contributed by atoms with Crippen LogP contribution in [-0.4, -0.2) is 11.7 Å². The topological polar surface area (TPSA) is 20.2 Å². The van der Waals surface area contributed by atoms with Crippen molar-refractivity contribution in [3.8, 4) is 11.8 Å². The normalized spacial score (nSPS) is 9.89. The second kappa shape index (κ2) is 6.65. The largest absolute Gasteiger partial charge is 0.384 e. The Kier molecular flexibility index (Phi) is 4.89. The van der Waals surface area contributed by atoms with Crippen molar-refractivity contribution < 1.29 is 5.11 Å². The highest BCUT2D eigenvalue weighted by atomic mass is 32.2. The highest BCUT2D eigenvalue weighted by Gasteiger charge is 2.00. The van der Waals surface area contributed by atoms with Gasteiger partial charge in [0.15, 0.2) is 0 Å². The van der Waals surface area contributed by atoms with Gasteiger partial charge in [0.2, 0.25) is 0 Å². The molecular formula is C15H14OS2. The van der Waals surface area contributed by atoms with Crippen LogP contribution in [0.4, 0.5) is 0 Å². The van der Waals surface area contributed by atoms with E-state index >= 15 is 0 Å². The van der Waals surface area contributed by atoms with E-state index in [-0.39, 0.29) is 6.61 Å². The SMILES string of the molecule is Cc1cccc(SCc2cc(C#CCO)cs2)c1. The molecule has 0 atom stereocenters. The Hall–Kier alpha value is -1.21. The first kappa shape index (κ1) is 13.2. The number of thioether (sulfide) groups is 1. The molecule has 2 aromatic rings. The Morgan fingerprint density at radius 3 is 3.00 bits per heavy atom. The molecule has 1 heterocycles. The lowest BCUT2D eigenvalue weighted by atomic mass is 10.2. The molecule has 0 bridgehead atoms. The molecule has 1 aromatic heterocycles. The minimum atomic E-state index is -0.0801. The summed E-state index contributed by atoms with van der Waals surface area (Å²) in [6.07, 6.45) is 0. The van der Waals surface area contributed by atoms with E-state index in [4.69, 9.17) is 5.11 Å². The van der Waals surface area contributed by atoms with Crippen LogP contribution in [0.2, 0.25) is 0 Å². The fourth-order valence-electron chi connectivity index (χ4n) is 1.52. The van der Waals surface area contributed by atoms with Gasteiger partial charge in [0.1, 0.15) is 6.61 Å². The summed E-state index contributed by atoms with van der Waals surface area (Å²) in [7, 11) is 0. The van der Waals surface area contributed by atoms with E-state index < -0.39 is 0 Å². The molecule has 0 saturated heterocycles. The number of hydrogen-bond donors (Lipinski definition) is 1. The summed E-state index contributed by atoms with van der Waals surface area (Å²) < 4.78 is 0. The zero-order valence-corrected chi connectivity index (χ0v) is 11.8. The van der Waals surface area contributed by atoms with Crippen molar-refractivity contribution in [2.24, 2.45) is 0 Å². The number of aliphatic hydroxyl groups is 1. The van der Waals surface area contributed by atoms with Gasteiger partial charge in [0, 0.05) is 26.5 Å². The van der Waals surface area contributed by atoms with Crippen LogP contribution in [0.1, 0.15) is 16.0 Å². The van der Waals surface area contributed by atoms with Crippen LogP contribution < -0.4 is 0 Å². The van der Waals surface area contributed by atoms with Gasteiger partial charge in [0.25, 0.3) is 0 Å². The van der Waals surface area contributed by atoms with Crippen LogP contribution in [0.15, 0.2) is 40.6 Å². The molecule has 92 valence electrons. The number of thiophene rings is 1. The second-order valence-corrected chi connectivity index (χ2v) is 5.91. The van der Waals surface area contributed by atoms with Crippen molar-refractivity contribution in [3.63, 3.8) is 0 Å². The average molecular weight is 274 g/mol. The summed E-state index contributed by atoms with van der Waals surface area (Å²) in [5, 5.41) is 10.7. The fraction of sp³-hybridized carbons (Fsp3) is 0.200. The van der Waals surface area contributed by atoms with Crippen molar-refractivity contribution in [1.82, 2.24) is 0 Å². The standard InChI is InChI=1S/C15H14OS2/c1-12-4-2-6-14(8-12)18-11-15-9-13(10-17-15)5-3-7-16/h2,4,6,8-10,16H,7,11H2,1H3. The van der Waals surface area contributed by atoms with E-state index in [1.807, 2.05) is 17.1 Å². The number of aryl methyl sites for hydroxylation is 1. The van der Waals surface area contributed by atoms with Gasteiger partial charge in [-0.2, -0.15) is 0 Å². The minimum absolute atomic E-state index is 0.0801. The zero-order valence-electron chi connectivity index (χ0n) is 10.1. The van der Waals surface area contributed by atoms with Crippen molar-refractivity contribution in [3.05, 3.63) is 51.7 Å². The zero-order chi connectivity index (χ0) is 12.8. The minimum Gasteiger partial charge on any atom is -0.384 e. The lowest BCUT2D eigenvalue weighted by Gasteiger charge is -2.00. The molecule has 0 aliphatic heterocycles. The summed E-state index contributed by atoms with van der Waals surface area (Å²) in [5.41, 5.74) is 2.29. The monoisotopic (exact) mass is 274 g/mol. The molecule has 0 spiro atoms. The Balaban J connectivity index is 1.96. The van der Waals surface area contributed by atoms with Crippen LogP contribution in [0.3, 0.4) is 0 Å². The average Bonchev–Trinajstić information content (AvgIpc) is 2.82. The van der Waals surface area contributed by atoms with Crippen molar-refractivity contribution >= 4 is 23.1 Å². The van der Waals surface area contributed by atoms with E-state index in [0.717, 1.165) is 11.3 Å². The van der Waals surface area contributed by atoms with Gasteiger partial charge in [-0.25, -0.2) is 0 Å². The first-order valence-electron chi connectivity index (χ1n) is 5.64. The maximum Gasteiger partial charge on any atom is 0.104 e. The fourth-order valence-corrected chi connectivity index (χ4v) is 3.41. The predicted octanol–water partition coefficient (Wildman–Crippen LogP) is 3.69. The predicted molar refractivity (Wildman–Crippen MR) is 79.0 cm³/mol. The van der Waals surface area contributed by atoms with E-state index in [9.17, 15) is 0 Å². The first-order valence-corrected chi connectivity index (χ1v) is 7.51. The molecule has 0 fully saturated rings. The van der Waals surface area contributed by atoms with Gasteiger partial charge in [0.05, 0.1) is 0 Å². The second-order valence-electron chi connectivity index (χ2n) is 3.87. The smallest absolute Gasteiger partial charge is 0.104 e. The third kappa shape index (κ3) is 3.92. The Labute approximate surface area is 116 Å². The molecule has 18 heavy (non-hydrogen) atoms. The number of rotatable bonds is 3. The molecule has 0 amide bonds. The summed E-state index contributed by atoms with van der Waals surface area (Å²) in [4.78, 5) is 2.61. The van der Waals surface area contributed by atoms with Crippen LogP contribution in [0, 0.1) is 18.8 Å². The maximum atomic E-state index is 8.64. The van der Waals surface area contributed by atoms with Gasteiger partial charge in [-0.1, -0.05) is 29.5 Å². The van der Waals surface area contributed by atoms with Crippen molar-refractivity contribution in [1.29, 1.82) is 0 Å².